The lowest BCUT2D eigenvalue weighted by Gasteiger charge is -2.35. The van der Waals surface area contributed by atoms with Crippen molar-refractivity contribution in [2.24, 2.45) is 5.92 Å². The Morgan fingerprint density at radius 3 is 2.37 bits per heavy atom. The van der Waals surface area contributed by atoms with Gasteiger partial charge in [-0.15, -0.1) is 0 Å². The van der Waals surface area contributed by atoms with E-state index in [4.69, 9.17) is 9.47 Å². The zero-order valence-corrected chi connectivity index (χ0v) is 12.0. The van der Waals surface area contributed by atoms with E-state index in [2.05, 4.69) is 10.1 Å². The first kappa shape index (κ1) is 15.8. The highest BCUT2D eigenvalue weighted by Gasteiger charge is 2.36. The van der Waals surface area contributed by atoms with Crippen LogP contribution in [0.15, 0.2) is 0 Å². The van der Waals surface area contributed by atoms with Gasteiger partial charge in [-0.3, -0.25) is 0 Å². The van der Waals surface area contributed by atoms with Crippen molar-refractivity contribution in [2.45, 2.75) is 51.9 Å². The smallest absolute Gasteiger partial charge is 0.407 e. The van der Waals surface area contributed by atoms with Crippen molar-refractivity contribution in [3.05, 3.63) is 0 Å². The third-order valence-electron chi connectivity index (χ3n) is 3.20. The van der Waals surface area contributed by atoms with Crippen LogP contribution in [0.5, 0.6) is 0 Å². The number of carbonyl (C=O) groups is 2. The van der Waals surface area contributed by atoms with Gasteiger partial charge in [-0.25, -0.2) is 9.59 Å². The maximum atomic E-state index is 12.0. The molecular weight excluding hydrogens is 250 g/mol. The molecule has 1 fully saturated rings. The van der Waals surface area contributed by atoms with Crippen LogP contribution in [-0.4, -0.2) is 44.0 Å². The molecule has 110 valence electrons. The van der Waals surface area contributed by atoms with E-state index >= 15 is 0 Å². The van der Waals surface area contributed by atoms with Gasteiger partial charge in [0.05, 0.1) is 25.9 Å². The SMILES string of the molecule is CCOC(=O)[C@@H](NC(=O)OC)C1C[C@@H](C)O[C@H](C)C1. The molecule has 6 nitrogen and oxygen atoms in total. The summed E-state index contributed by atoms with van der Waals surface area (Å²) < 4.78 is 15.2. The first-order valence-corrected chi connectivity index (χ1v) is 6.64. The molecule has 1 aliphatic rings. The van der Waals surface area contributed by atoms with Gasteiger partial charge in [0, 0.05) is 0 Å². The molecule has 19 heavy (non-hydrogen) atoms. The lowest BCUT2D eigenvalue weighted by atomic mass is 9.86. The van der Waals surface area contributed by atoms with Gasteiger partial charge in [0.2, 0.25) is 0 Å². The Kier molecular flexibility index (Phi) is 6.08. The summed E-state index contributed by atoms with van der Waals surface area (Å²) >= 11 is 0. The molecule has 0 aromatic carbocycles. The van der Waals surface area contributed by atoms with Gasteiger partial charge in [0.15, 0.2) is 0 Å². The van der Waals surface area contributed by atoms with E-state index in [1.54, 1.807) is 6.92 Å². The van der Waals surface area contributed by atoms with Crippen LogP contribution in [0.2, 0.25) is 0 Å². The number of ether oxygens (including phenoxy) is 3. The highest BCUT2D eigenvalue weighted by atomic mass is 16.5. The number of esters is 1. The van der Waals surface area contributed by atoms with Crippen molar-refractivity contribution in [1.82, 2.24) is 5.32 Å². The topological polar surface area (TPSA) is 73.9 Å². The second kappa shape index (κ2) is 7.33. The Labute approximate surface area is 113 Å². The van der Waals surface area contributed by atoms with E-state index < -0.39 is 18.1 Å². The Morgan fingerprint density at radius 1 is 1.32 bits per heavy atom. The van der Waals surface area contributed by atoms with Gasteiger partial charge in [0.25, 0.3) is 0 Å². The summed E-state index contributed by atoms with van der Waals surface area (Å²) in [5, 5.41) is 2.57. The number of carbonyl (C=O) groups excluding carboxylic acids is 2. The zero-order valence-electron chi connectivity index (χ0n) is 12.0. The average molecular weight is 273 g/mol. The van der Waals surface area contributed by atoms with E-state index in [-0.39, 0.29) is 24.7 Å². The van der Waals surface area contributed by atoms with Crippen LogP contribution < -0.4 is 5.32 Å². The quantitative estimate of drug-likeness (QED) is 0.785. The molecule has 0 aromatic rings. The van der Waals surface area contributed by atoms with Crippen LogP contribution in [0.4, 0.5) is 4.79 Å². The summed E-state index contributed by atoms with van der Waals surface area (Å²) in [6.45, 7) is 5.95. The average Bonchev–Trinajstić information content (AvgIpc) is 2.34. The van der Waals surface area contributed by atoms with Crippen molar-refractivity contribution < 1.29 is 23.8 Å². The second-order valence-corrected chi connectivity index (χ2v) is 4.85. The van der Waals surface area contributed by atoms with Crippen LogP contribution in [0.25, 0.3) is 0 Å². The summed E-state index contributed by atoms with van der Waals surface area (Å²) in [6.07, 6.45) is 0.912. The highest BCUT2D eigenvalue weighted by molar-refractivity contribution is 5.81. The van der Waals surface area contributed by atoms with Gasteiger partial charge in [0.1, 0.15) is 6.04 Å². The predicted octanol–water partition coefficient (Wildman–Crippen LogP) is 1.48. The van der Waals surface area contributed by atoms with Crippen molar-refractivity contribution in [2.75, 3.05) is 13.7 Å². The van der Waals surface area contributed by atoms with Crippen molar-refractivity contribution in [3.63, 3.8) is 0 Å². The van der Waals surface area contributed by atoms with Crippen LogP contribution in [-0.2, 0) is 19.0 Å². The number of hydrogen-bond acceptors (Lipinski definition) is 5. The molecule has 6 heteroatoms. The molecular formula is C13H23NO5. The monoisotopic (exact) mass is 273 g/mol. The van der Waals surface area contributed by atoms with E-state index in [0.29, 0.717) is 12.8 Å². The molecule has 0 spiro atoms. The van der Waals surface area contributed by atoms with E-state index in [9.17, 15) is 9.59 Å². The molecule has 0 radical (unpaired) electrons. The molecule has 1 amide bonds. The zero-order chi connectivity index (χ0) is 14.4. The molecule has 1 N–H and O–H groups in total. The summed E-state index contributed by atoms with van der Waals surface area (Å²) in [7, 11) is 1.27. The number of methoxy groups -OCH3 is 1. The standard InChI is InChI=1S/C13H23NO5/c1-5-18-12(15)11(14-13(16)17-4)10-6-8(2)19-9(3)7-10/h8-11H,5-7H2,1-4H3,(H,14,16)/t8-,9-,11+/m1/s1. The Bertz CT molecular complexity index is 310. The number of nitrogens with one attached hydrogen (secondary N) is 1. The van der Waals surface area contributed by atoms with Crippen LogP contribution >= 0.6 is 0 Å². The maximum Gasteiger partial charge on any atom is 0.407 e. The summed E-state index contributed by atoms with van der Waals surface area (Å²) in [6, 6.07) is -0.679. The number of amides is 1. The molecule has 0 saturated carbocycles. The fourth-order valence-electron chi connectivity index (χ4n) is 2.52. The van der Waals surface area contributed by atoms with Gasteiger partial charge in [-0.2, -0.15) is 0 Å². The minimum Gasteiger partial charge on any atom is -0.464 e. The fourth-order valence-corrected chi connectivity index (χ4v) is 2.52. The fraction of sp³-hybridized carbons (Fsp3) is 0.846. The molecule has 0 bridgehead atoms. The summed E-state index contributed by atoms with van der Waals surface area (Å²) in [5.74, 6) is -0.420. The number of rotatable bonds is 4. The molecule has 1 rings (SSSR count). The Hall–Kier alpha value is -1.30. The highest BCUT2D eigenvalue weighted by Crippen LogP contribution is 2.28. The van der Waals surface area contributed by atoms with Gasteiger partial charge >= 0.3 is 12.1 Å². The summed E-state index contributed by atoms with van der Waals surface area (Å²) in [4.78, 5) is 23.3. The molecule has 1 aliphatic heterocycles. The number of hydrogen-bond donors (Lipinski definition) is 1. The third-order valence-corrected chi connectivity index (χ3v) is 3.20. The van der Waals surface area contributed by atoms with Crippen LogP contribution in [0.1, 0.15) is 33.6 Å². The molecule has 0 aliphatic carbocycles. The van der Waals surface area contributed by atoms with Gasteiger partial charge < -0.3 is 19.5 Å². The summed E-state index contributed by atoms with van der Waals surface area (Å²) in [5.41, 5.74) is 0. The minimum atomic E-state index is -0.679. The normalized spacial score (nSPS) is 28.3. The van der Waals surface area contributed by atoms with E-state index in [1.165, 1.54) is 7.11 Å². The molecule has 0 aromatic heterocycles. The lowest BCUT2D eigenvalue weighted by Crippen LogP contribution is -2.50. The molecule has 1 heterocycles. The number of alkyl carbamates (subject to hydrolysis) is 1. The van der Waals surface area contributed by atoms with Gasteiger partial charge in [-0.1, -0.05) is 0 Å². The largest absolute Gasteiger partial charge is 0.464 e. The first-order valence-electron chi connectivity index (χ1n) is 6.64. The van der Waals surface area contributed by atoms with Crippen molar-refractivity contribution in [1.29, 1.82) is 0 Å². The second-order valence-electron chi connectivity index (χ2n) is 4.85. The van der Waals surface area contributed by atoms with E-state index in [0.717, 1.165) is 0 Å². The molecule has 1 saturated heterocycles. The maximum absolute atomic E-state index is 12.0. The third kappa shape index (κ3) is 4.70. The predicted molar refractivity (Wildman–Crippen MR) is 68.7 cm³/mol. The lowest BCUT2D eigenvalue weighted by molar-refractivity contribution is -0.149. The first-order chi connectivity index (χ1) is 8.97. The van der Waals surface area contributed by atoms with Crippen LogP contribution in [0.3, 0.4) is 0 Å². The Balaban J connectivity index is 2.76. The molecule has 0 unspecified atom stereocenters. The van der Waals surface area contributed by atoms with E-state index in [1.807, 2.05) is 13.8 Å². The van der Waals surface area contributed by atoms with Crippen LogP contribution in [0, 0.1) is 5.92 Å². The molecule has 3 atom stereocenters. The Morgan fingerprint density at radius 2 is 1.89 bits per heavy atom. The minimum absolute atomic E-state index is 0.00287. The van der Waals surface area contributed by atoms with Gasteiger partial charge in [-0.05, 0) is 39.5 Å². The van der Waals surface area contributed by atoms with Crippen molar-refractivity contribution in [3.8, 4) is 0 Å². The van der Waals surface area contributed by atoms with Crippen molar-refractivity contribution >= 4 is 12.1 Å².